The largest absolute Gasteiger partial charge is 0.469 e. The number of fused-ring (bicyclic) bond motifs is 1. The van der Waals surface area contributed by atoms with Crippen LogP contribution in [0.5, 0.6) is 0 Å². The van der Waals surface area contributed by atoms with Gasteiger partial charge in [0.05, 0.1) is 29.5 Å². The van der Waals surface area contributed by atoms with Crippen LogP contribution in [-0.4, -0.2) is 28.0 Å². The van der Waals surface area contributed by atoms with Crippen molar-refractivity contribution < 1.29 is 14.5 Å². The molecule has 0 saturated carbocycles. The van der Waals surface area contributed by atoms with E-state index < -0.39 is 4.92 Å². The van der Waals surface area contributed by atoms with Crippen molar-refractivity contribution in [2.24, 2.45) is 0 Å². The van der Waals surface area contributed by atoms with E-state index in [1.165, 1.54) is 19.2 Å². The summed E-state index contributed by atoms with van der Waals surface area (Å²) in [6, 6.07) is 11.6. The Balaban J connectivity index is 1.93. The number of methoxy groups -OCH3 is 1. The predicted octanol–water partition coefficient (Wildman–Crippen LogP) is 2.85. The van der Waals surface area contributed by atoms with Crippen molar-refractivity contribution in [3.63, 3.8) is 0 Å². The molecule has 3 rings (SSSR count). The minimum atomic E-state index is -0.443. The molecular weight excluding hydrogens is 298 g/mol. The van der Waals surface area contributed by atoms with E-state index in [0.29, 0.717) is 5.82 Å². The van der Waals surface area contributed by atoms with E-state index in [1.54, 1.807) is 12.1 Å². The minimum Gasteiger partial charge on any atom is -0.469 e. The number of H-pyrrole nitrogens is 1. The van der Waals surface area contributed by atoms with E-state index in [-0.39, 0.29) is 18.1 Å². The van der Waals surface area contributed by atoms with Gasteiger partial charge in [-0.2, -0.15) is 0 Å². The second-order valence-corrected chi connectivity index (χ2v) is 4.99. The molecule has 0 aliphatic rings. The van der Waals surface area contributed by atoms with Gasteiger partial charge >= 0.3 is 5.97 Å². The summed E-state index contributed by atoms with van der Waals surface area (Å²) in [7, 11) is 1.35. The standard InChI is InChI=1S/C16H13N3O4/c1-23-15(20)9-10-2-7-13-14(8-10)18-16(17-13)11-3-5-12(6-4-11)19(21)22/h2-8H,9H2,1H3,(H,17,18). The van der Waals surface area contributed by atoms with Gasteiger partial charge in [0, 0.05) is 17.7 Å². The molecule has 0 amide bonds. The molecule has 116 valence electrons. The molecule has 3 aromatic rings. The summed E-state index contributed by atoms with van der Waals surface area (Å²) in [5, 5.41) is 10.7. The van der Waals surface area contributed by atoms with Crippen LogP contribution in [-0.2, 0) is 16.0 Å². The molecule has 0 spiro atoms. The number of nitrogens with one attached hydrogen (secondary N) is 1. The lowest BCUT2D eigenvalue weighted by Gasteiger charge is -1.99. The zero-order valence-corrected chi connectivity index (χ0v) is 12.3. The van der Waals surface area contributed by atoms with E-state index in [9.17, 15) is 14.9 Å². The van der Waals surface area contributed by atoms with Crippen LogP contribution in [0.15, 0.2) is 42.5 Å². The molecule has 23 heavy (non-hydrogen) atoms. The predicted molar refractivity (Wildman–Crippen MR) is 83.9 cm³/mol. The number of aromatic nitrogens is 2. The molecule has 0 radical (unpaired) electrons. The summed E-state index contributed by atoms with van der Waals surface area (Å²) in [6.07, 6.45) is 0.193. The number of non-ortho nitro benzene ring substituents is 1. The van der Waals surface area contributed by atoms with Gasteiger partial charge in [0.1, 0.15) is 5.82 Å². The van der Waals surface area contributed by atoms with E-state index in [2.05, 4.69) is 14.7 Å². The Hall–Kier alpha value is -3.22. The van der Waals surface area contributed by atoms with Crippen LogP contribution in [0.2, 0.25) is 0 Å². The van der Waals surface area contributed by atoms with Gasteiger partial charge in [-0.3, -0.25) is 14.9 Å². The first kappa shape index (κ1) is 14.7. The van der Waals surface area contributed by atoms with Gasteiger partial charge in [-0.25, -0.2) is 4.98 Å². The number of nitro benzene ring substituents is 1. The van der Waals surface area contributed by atoms with Crippen molar-refractivity contribution in [3.05, 3.63) is 58.1 Å². The fraction of sp³-hybridized carbons (Fsp3) is 0.125. The van der Waals surface area contributed by atoms with E-state index in [1.807, 2.05) is 18.2 Å². The monoisotopic (exact) mass is 311 g/mol. The number of benzene rings is 2. The third-order valence-electron chi connectivity index (χ3n) is 3.47. The molecular formula is C16H13N3O4. The normalized spacial score (nSPS) is 10.7. The molecule has 0 unspecified atom stereocenters. The number of ether oxygens (including phenoxy) is 1. The molecule has 0 fully saturated rings. The second kappa shape index (κ2) is 5.88. The molecule has 7 nitrogen and oxygen atoms in total. The third-order valence-corrected chi connectivity index (χ3v) is 3.47. The van der Waals surface area contributed by atoms with Gasteiger partial charge in [0.2, 0.25) is 0 Å². The highest BCUT2D eigenvalue weighted by Gasteiger charge is 2.10. The third kappa shape index (κ3) is 3.03. The molecule has 0 atom stereocenters. The Bertz CT molecular complexity index is 884. The van der Waals surface area contributed by atoms with Crippen molar-refractivity contribution in [1.82, 2.24) is 9.97 Å². The van der Waals surface area contributed by atoms with Gasteiger partial charge in [0.15, 0.2) is 0 Å². The molecule has 0 aliphatic carbocycles. The number of rotatable bonds is 4. The Morgan fingerprint density at radius 2 is 2.00 bits per heavy atom. The number of imidazole rings is 1. The molecule has 1 heterocycles. The molecule has 1 N–H and O–H groups in total. The van der Waals surface area contributed by atoms with Crippen LogP contribution in [0.4, 0.5) is 5.69 Å². The van der Waals surface area contributed by atoms with Crippen molar-refractivity contribution in [2.45, 2.75) is 6.42 Å². The summed E-state index contributed by atoms with van der Waals surface area (Å²) >= 11 is 0. The number of hydrogen-bond donors (Lipinski definition) is 1. The molecule has 1 aromatic heterocycles. The lowest BCUT2D eigenvalue weighted by molar-refractivity contribution is -0.384. The minimum absolute atomic E-state index is 0.0326. The zero-order chi connectivity index (χ0) is 16.4. The van der Waals surface area contributed by atoms with Crippen molar-refractivity contribution >= 4 is 22.7 Å². The average Bonchev–Trinajstić information content (AvgIpc) is 2.98. The lowest BCUT2D eigenvalue weighted by Crippen LogP contribution is -2.04. The topological polar surface area (TPSA) is 98.1 Å². The Kier molecular flexibility index (Phi) is 3.76. The number of aromatic amines is 1. The smallest absolute Gasteiger partial charge is 0.309 e. The number of carbonyl (C=O) groups excluding carboxylic acids is 1. The van der Waals surface area contributed by atoms with Gasteiger partial charge in [-0.1, -0.05) is 6.07 Å². The highest BCUT2D eigenvalue weighted by atomic mass is 16.6. The maximum absolute atomic E-state index is 11.3. The number of carbonyl (C=O) groups is 1. The number of nitrogens with zero attached hydrogens (tertiary/aromatic N) is 2. The van der Waals surface area contributed by atoms with Crippen molar-refractivity contribution in [3.8, 4) is 11.4 Å². The first-order valence-electron chi connectivity index (χ1n) is 6.87. The molecule has 7 heteroatoms. The summed E-state index contributed by atoms with van der Waals surface area (Å²) in [6.45, 7) is 0. The Morgan fingerprint density at radius 3 is 2.65 bits per heavy atom. The number of hydrogen-bond acceptors (Lipinski definition) is 5. The maximum atomic E-state index is 11.3. The quantitative estimate of drug-likeness (QED) is 0.454. The van der Waals surface area contributed by atoms with Crippen LogP contribution >= 0.6 is 0 Å². The average molecular weight is 311 g/mol. The summed E-state index contributed by atoms with van der Waals surface area (Å²) in [5.41, 5.74) is 3.15. The lowest BCUT2D eigenvalue weighted by atomic mass is 10.1. The van der Waals surface area contributed by atoms with Crippen LogP contribution in [0.3, 0.4) is 0 Å². The molecule has 0 saturated heterocycles. The van der Waals surface area contributed by atoms with Crippen LogP contribution in [0, 0.1) is 10.1 Å². The maximum Gasteiger partial charge on any atom is 0.309 e. The summed E-state index contributed by atoms with van der Waals surface area (Å²) in [5.74, 6) is 0.310. The molecule has 0 aliphatic heterocycles. The number of esters is 1. The number of nitro groups is 1. The van der Waals surface area contributed by atoms with Gasteiger partial charge in [-0.15, -0.1) is 0 Å². The SMILES string of the molecule is COC(=O)Cc1ccc2nc(-c3ccc([N+](=O)[O-])cc3)[nH]c2c1. The van der Waals surface area contributed by atoms with E-state index >= 15 is 0 Å². The Labute approximate surface area is 131 Å². The first-order chi connectivity index (χ1) is 11.1. The highest BCUT2D eigenvalue weighted by Crippen LogP contribution is 2.23. The van der Waals surface area contributed by atoms with Gasteiger partial charge in [0.25, 0.3) is 5.69 Å². The van der Waals surface area contributed by atoms with E-state index in [4.69, 9.17) is 0 Å². The summed E-state index contributed by atoms with van der Waals surface area (Å²) in [4.78, 5) is 29.2. The zero-order valence-electron chi connectivity index (χ0n) is 12.3. The Morgan fingerprint density at radius 1 is 1.26 bits per heavy atom. The summed E-state index contributed by atoms with van der Waals surface area (Å²) < 4.78 is 4.65. The second-order valence-electron chi connectivity index (χ2n) is 4.99. The first-order valence-corrected chi connectivity index (χ1v) is 6.87. The van der Waals surface area contributed by atoms with Crippen molar-refractivity contribution in [2.75, 3.05) is 7.11 Å². The van der Waals surface area contributed by atoms with Crippen LogP contribution < -0.4 is 0 Å². The van der Waals surface area contributed by atoms with Gasteiger partial charge < -0.3 is 9.72 Å². The van der Waals surface area contributed by atoms with Gasteiger partial charge in [-0.05, 0) is 29.8 Å². The molecule has 2 aromatic carbocycles. The van der Waals surface area contributed by atoms with Crippen LogP contribution in [0.1, 0.15) is 5.56 Å². The highest BCUT2D eigenvalue weighted by molar-refractivity contribution is 5.82. The van der Waals surface area contributed by atoms with Crippen LogP contribution in [0.25, 0.3) is 22.4 Å². The molecule has 0 bridgehead atoms. The fourth-order valence-electron chi connectivity index (χ4n) is 2.28. The van der Waals surface area contributed by atoms with E-state index in [0.717, 1.165) is 22.2 Å². The fourth-order valence-corrected chi connectivity index (χ4v) is 2.28. The van der Waals surface area contributed by atoms with Crippen molar-refractivity contribution in [1.29, 1.82) is 0 Å².